The van der Waals surface area contributed by atoms with Gasteiger partial charge in [-0.25, -0.2) is 0 Å². The molecule has 0 unspecified atom stereocenters. The van der Waals surface area contributed by atoms with Crippen LogP contribution >= 0.6 is 23.7 Å². The zero-order valence-electron chi connectivity index (χ0n) is 10.1. The van der Waals surface area contributed by atoms with Crippen molar-refractivity contribution in [3.05, 3.63) is 44.9 Å². The molecule has 2 aromatic rings. The highest BCUT2D eigenvalue weighted by Gasteiger charge is 2.12. The summed E-state index contributed by atoms with van der Waals surface area (Å²) in [7, 11) is 0. The topological polar surface area (TPSA) is 74.7 Å². The lowest BCUT2D eigenvalue weighted by Crippen LogP contribution is -2.33. The molecule has 6 heteroatoms. The molecule has 4 nitrogen and oxygen atoms in total. The number of halogens is 1. The Morgan fingerprint density at radius 1 is 1.42 bits per heavy atom. The van der Waals surface area contributed by atoms with E-state index in [9.17, 15) is 0 Å². The number of thiophene rings is 1. The van der Waals surface area contributed by atoms with Gasteiger partial charge < -0.3 is 11.1 Å². The predicted molar refractivity (Wildman–Crippen MR) is 79.3 cm³/mol. The zero-order chi connectivity index (χ0) is 12.7. The van der Waals surface area contributed by atoms with E-state index in [1.165, 1.54) is 4.88 Å². The van der Waals surface area contributed by atoms with Gasteiger partial charge in [-0.15, -0.1) is 23.7 Å². The van der Waals surface area contributed by atoms with Gasteiger partial charge in [-0.3, -0.25) is 4.98 Å². The highest BCUT2D eigenvalue weighted by Crippen LogP contribution is 2.30. The number of aryl methyl sites for hydroxylation is 1. The monoisotopic (exact) mass is 290 g/mol. The summed E-state index contributed by atoms with van der Waals surface area (Å²) < 4.78 is 0. The standard InChI is InChI=1S/C13H10N4S.ClH/c1-7-2-10-11(15)12-9(6-17-13(10)18-7)3-8(4-14)5-16-12;/h2-3,5-6,17H,15H2,1H3;1H. The normalized spacial score (nSPS) is 11.9. The second kappa shape index (κ2) is 4.92. The molecule has 96 valence electrons. The number of nitrogens with one attached hydrogen (secondary N) is 1. The van der Waals surface area contributed by atoms with Crippen molar-refractivity contribution >= 4 is 40.6 Å². The fourth-order valence-corrected chi connectivity index (χ4v) is 2.87. The highest BCUT2D eigenvalue weighted by atomic mass is 35.5. The molecule has 0 aromatic carbocycles. The van der Waals surface area contributed by atoms with Gasteiger partial charge in [-0.2, -0.15) is 5.26 Å². The van der Waals surface area contributed by atoms with E-state index in [1.807, 2.05) is 19.2 Å². The first-order valence-corrected chi connectivity index (χ1v) is 6.24. The van der Waals surface area contributed by atoms with Crippen molar-refractivity contribution in [2.24, 2.45) is 5.73 Å². The van der Waals surface area contributed by atoms with Crippen molar-refractivity contribution in [3.8, 4) is 6.07 Å². The maximum atomic E-state index is 8.89. The molecule has 3 heterocycles. The lowest BCUT2D eigenvalue weighted by Gasteiger charge is -1.99. The van der Waals surface area contributed by atoms with Crippen LogP contribution < -0.4 is 21.6 Å². The molecule has 0 amide bonds. The summed E-state index contributed by atoms with van der Waals surface area (Å²) in [5.41, 5.74) is 8.33. The molecular weight excluding hydrogens is 280 g/mol. The van der Waals surface area contributed by atoms with Crippen molar-refractivity contribution in [1.82, 2.24) is 4.98 Å². The molecular formula is C13H11ClN4S. The Hall–Kier alpha value is -2.03. The van der Waals surface area contributed by atoms with Crippen molar-refractivity contribution in [1.29, 1.82) is 5.26 Å². The SMILES string of the molecule is Cc1cc2c(s1)NC=c1cc(C#N)cnc1=C2N.Cl. The van der Waals surface area contributed by atoms with E-state index in [-0.39, 0.29) is 12.4 Å². The Labute approximate surface area is 120 Å². The average molecular weight is 291 g/mol. The minimum Gasteiger partial charge on any atom is -0.396 e. The summed E-state index contributed by atoms with van der Waals surface area (Å²) in [6, 6.07) is 5.91. The summed E-state index contributed by atoms with van der Waals surface area (Å²) in [4.78, 5) is 5.48. The number of nitrogens with two attached hydrogens (primary N) is 1. The lowest BCUT2D eigenvalue weighted by atomic mass is 10.2. The smallest absolute Gasteiger partial charge is 0.102 e. The first-order valence-electron chi connectivity index (χ1n) is 5.42. The van der Waals surface area contributed by atoms with E-state index in [1.54, 1.807) is 23.6 Å². The van der Waals surface area contributed by atoms with Crippen molar-refractivity contribution in [3.63, 3.8) is 0 Å². The van der Waals surface area contributed by atoms with Crippen LogP contribution in [-0.4, -0.2) is 4.98 Å². The van der Waals surface area contributed by atoms with Gasteiger partial charge in [0.25, 0.3) is 0 Å². The molecule has 2 aromatic heterocycles. The largest absolute Gasteiger partial charge is 0.396 e. The second-order valence-electron chi connectivity index (χ2n) is 4.08. The third-order valence-corrected chi connectivity index (χ3v) is 3.79. The van der Waals surface area contributed by atoms with E-state index in [0.29, 0.717) is 11.3 Å². The van der Waals surface area contributed by atoms with E-state index < -0.39 is 0 Å². The molecule has 1 aliphatic rings. The Morgan fingerprint density at radius 3 is 2.95 bits per heavy atom. The van der Waals surface area contributed by atoms with Gasteiger partial charge >= 0.3 is 0 Å². The number of nitriles is 1. The average Bonchev–Trinajstić information content (AvgIpc) is 2.71. The number of nitrogens with zero attached hydrogens (tertiary/aromatic N) is 2. The van der Waals surface area contributed by atoms with E-state index in [2.05, 4.69) is 16.4 Å². The van der Waals surface area contributed by atoms with Crippen LogP contribution in [0.1, 0.15) is 16.0 Å². The third kappa shape index (κ3) is 2.16. The Bertz CT molecular complexity index is 801. The maximum Gasteiger partial charge on any atom is 0.102 e. The van der Waals surface area contributed by atoms with Crippen LogP contribution in [0.2, 0.25) is 0 Å². The molecule has 0 saturated carbocycles. The fourth-order valence-electron chi connectivity index (χ4n) is 1.97. The molecule has 0 saturated heterocycles. The Kier molecular flexibility index (Phi) is 3.47. The van der Waals surface area contributed by atoms with Crippen LogP contribution in [0.3, 0.4) is 0 Å². The van der Waals surface area contributed by atoms with Crippen molar-refractivity contribution < 1.29 is 0 Å². The summed E-state index contributed by atoms with van der Waals surface area (Å²) in [6.07, 6.45) is 3.39. The molecule has 0 radical (unpaired) electrons. The fraction of sp³-hybridized carbons (Fsp3) is 0.0769. The summed E-state index contributed by atoms with van der Waals surface area (Å²) in [6.45, 7) is 2.04. The van der Waals surface area contributed by atoms with Gasteiger partial charge in [0, 0.05) is 28.1 Å². The Balaban J connectivity index is 0.00000133. The van der Waals surface area contributed by atoms with Crippen molar-refractivity contribution in [2.75, 3.05) is 5.32 Å². The minimum absolute atomic E-state index is 0. The molecule has 3 N–H and O–H groups in total. The van der Waals surface area contributed by atoms with Gasteiger partial charge in [0.05, 0.1) is 16.6 Å². The molecule has 0 fully saturated rings. The van der Waals surface area contributed by atoms with Gasteiger partial charge in [0.2, 0.25) is 0 Å². The van der Waals surface area contributed by atoms with Crippen LogP contribution in [-0.2, 0) is 0 Å². The molecule has 19 heavy (non-hydrogen) atoms. The van der Waals surface area contributed by atoms with Gasteiger partial charge in [-0.1, -0.05) is 0 Å². The third-order valence-electron chi connectivity index (χ3n) is 2.81. The van der Waals surface area contributed by atoms with E-state index in [0.717, 1.165) is 21.1 Å². The summed E-state index contributed by atoms with van der Waals surface area (Å²) >= 11 is 1.65. The van der Waals surface area contributed by atoms with Gasteiger partial charge in [0.1, 0.15) is 11.1 Å². The Morgan fingerprint density at radius 2 is 2.21 bits per heavy atom. The molecule has 3 rings (SSSR count). The van der Waals surface area contributed by atoms with Crippen LogP contribution in [0.25, 0.3) is 11.9 Å². The maximum absolute atomic E-state index is 8.89. The number of fused-ring (bicyclic) bond motifs is 2. The van der Waals surface area contributed by atoms with Gasteiger partial charge in [0.15, 0.2) is 0 Å². The molecule has 1 aliphatic heterocycles. The van der Waals surface area contributed by atoms with Crippen molar-refractivity contribution in [2.45, 2.75) is 6.92 Å². The molecule has 0 aliphatic carbocycles. The number of hydrogen-bond acceptors (Lipinski definition) is 5. The lowest BCUT2D eigenvalue weighted by molar-refractivity contribution is 1.18. The van der Waals surface area contributed by atoms with Gasteiger partial charge in [-0.05, 0) is 19.1 Å². The first-order chi connectivity index (χ1) is 8.69. The van der Waals surface area contributed by atoms with Crippen LogP contribution in [0.5, 0.6) is 0 Å². The highest BCUT2D eigenvalue weighted by molar-refractivity contribution is 7.16. The summed E-state index contributed by atoms with van der Waals surface area (Å²) in [5.74, 6) is 0. The first kappa shape index (κ1) is 13.4. The number of rotatable bonds is 0. The molecule has 0 bridgehead atoms. The van der Waals surface area contributed by atoms with E-state index in [4.69, 9.17) is 11.0 Å². The van der Waals surface area contributed by atoms with Crippen LogP contribution in [0, 0.1) is 18.3 Å². The number of pyridine rings is 1. The second-order valence-corrected chi connectivity index (χ2v) is 5.33. The predicted octanol–water partition coefficient (Wildman–Crippen LogP) is 1.02. The zero-order valence-corrected chi connectivity index (χ0v) is 11.7. The number of anilines is 1. The molecule has 0 spiro atoms. The summed E-state index contributed by atoms with van der Waals surface area (Å²) in [5, 5.41) is 14.7. The molecule has 0 atom stereocenters. The quantitative estimate of drug-likeness (QED) is 0.760. The van der Waals surface area contributed by atoms with Crippen LogP contribution in [0.15, 0.2) is 18.3 Å². The number of aromatic nitrogens is 1. The van der Waals surface area contributed by atoms with Crippen LogP contribution in [0.4, 0.5) is 5.00 Å². The van der Waals surface area contributed by atoms with E-state index >= 15 is 0 Å². The minimum atomic E-state index is 0. The number of hydrogen-bond donors (Lipinski definition) is 2.